The molecule has 2 atom stereocenters. The average Bonchev–Trinajstić information content (AvgIpc) is 2.23. The van der Waals surface area contributed by atoms with Crippen LogP contribution in [-0.4, -0.2) is 29.3 Å². The Morgan fingerprint density at radius 1 is 1.53 bits per heavy atom. The first-order valence-electron chi connectivity index (χ1n) is 5.60. The quantitative estimate of drug-likeness (QED) is 0.608. The van der Waals surface area contributed by atoms with Gasteiger partial charge in [0.05, 0.1) is 6.10 Å². The molecule has 0 aromatic heterocycles. The lowest BCUT2D eigenvalue weighted by atomic mass is 9.92. The third-order valence-electron chi connectivity index (χ3n) is 2.80. The molecule has 0 aliphatic heterocycles. The van der Waals surface area contributed by atoms with Gasteiger partial charge < -0.3 is 15.6 Å². The minimum absolute atomic E-state index is 0.239. The molecular formula is C11H23NO3. The Balaban J connectivity index is 3.78. The van der Waals surface area contributed by atoms with Gasteiger partial charge in [-0.15, -0.1) is 0 Å². The molecule has 0 saturated heterocycles. The molecule has 0 fully saturated rings. The van der Waals surface area contributed by atoms with Gasteiger partial charge in [0.25, 0.3) is 0 Å². The zero-order valence-electron chi connectivity index (χ0n) is 9.95. The lowest BCUT2D eigenvalue weighted by molar-refractivity contribution is -0.143. The van der Waals surface area contributed by atoms with Crippen LogP contribution in [0.25, 0.3) is 0 Å². The van der Waals surface area contributed by atoms with Gasteiger partial charge in [-0.3, -0.25) is 4.79 Å². The van der Waals surface area contributed by atoms with Crippen molar-refractivity contribution >= 4 is 5.97 Å². The van der Waals surface area contributed by atoms with Crippen LogP contribution in [0.5, 0.6) is 0 Å². The number of ether oxygens (including phenoxy) is 1. The molecule has 4 heteroatoms. The molecule has 0 amide bonds. The van der Waals surface area contributed by atoms with Gasteiger partial charge in [-0.25, -0.2) is 0 Å². The molecule has 0 spiro atoms. The Bertz CT molecular complexity index is 196. The highest BCUT2D eigenvalue weighted by Gasteiger charge is 2.30. The number of carboxylic acids is 1. The molecule has 0 radical (unpaired) electrons. The molecule has 0 aromatic carbocycles. The highest BCUT2D eigenvalue weighted by atomic mass is 16.5. The van der Waals surface area contributed by atoms with Crippen LogP contribution in [0.15, 0.2) is 0 Å². The summed E-state index contributed by atoms with van der Waals surface area (Å²) in [7, 11) is 0. The SMILES string of the molecule is CCC(C)OCCCC(N)(CC)C(=O)O. The topological polar surface area (TPSA) is 72.5 Å². The van der Waals surface area contributed by atoms with E-state index in [0.29, 0.717) is 25.9 Å². The second-order valence-corrected chi connectivity index (χ2v) is 4.01. The second kappa shape index (κ2) is 6.80. The summed E-state index contributed by atoms with van der Waals surface area (Å²) in [5, 5.41) is 8.92. The molecule has 0 saturated carbocycles. The molecule has 3 N–H and O–H groups in total. The monoisotopic (exact) mass is 217 g/mol. The fraction of sp³-hybridized carbons (Fsp3) is 0.909. The van der Waals surface area contributed by atoms with Crippen molar-refractivity contribution in [2.24, 2.45) is 5.73 Å². The van der Waals surface area contributed by atoms with E-state index in [4.69, 9.17) is 15.6 Å². The third kappa shape index (κ3) is 5.14. The Labute approximate surface area is 91.8 Å². The van der Waals surface area contributed by atoms with Crippen LogP contribution in [0.1, 0.15) is 46.5 Å². The van der Waals surface area contributed by atoms with Crippen LogP contribution in [0.2, 0.25) is 0 Å². The summed E-state index contributed by atoms with van der Waals surface area (Å²) < 4.78 is 5.46. The number of aliphatic carboxylic acids is 1. The van der Waals surface area contributed by atoms with Crippen LogP contribution < -0.4 is 5.73 Å². The van der Waals surface area contributed by atoms with Gasteiger partial charge in [0, 0.05) is 6.61 Å². The molecule has 0 aliphatic carbocycles. The standard InChI is InChI=1S/C11H23NO3/c1-4-9(3)15-8-6-7-11(12,5-2)10(13)14/h9H,4-8,12H2,1-3H3,(H,13,14). The van der Waals surface area contributed by atoms with Gasteiger partial charge >= 0.3 is 5.97 Å². The molecule has 0 aliphatic rings. The van der Waals surface area contributed by atoms with Crippen LogP contribution in [0.3, 0.4) is 0 Å². The van der Waals surface area contributed by atoms with E-state index in [1.165, 1.54) is 0 Å². The predicted molar refractivity (Wildman–Crippen MR) is 59.8 cm³/mol. The van der Waals surface area contributed by atoms with Gasteiger partial charge in [0.2, 0.25) is 0 Å². The molecular weight excluding hydrogens is 194 g/mol. The summed E-state index contributed by atoms with van der Waals surface area (Å²) in [6, 6.07) is 0. The highest BCUT2D eigenvalue weighted by Crippen LogP contribution is 2.14. The van der Waals surface area contributed by atoms with Gasteiger partial charge in [-0.05, 0) is 32.6 Å². The van der Waals surface area contributed by atoms with Crippen molar-refractivity contribution in [2.75, 3.05) is 6.61 Å². The van der Waals surface area contributed by atoms with Gasteiger partial charge in [-0.1, -0.05) is 13.8 Å². The predicted octanol–water partition coefficient (Wildman–Crippen LogP) is 1.77. The van der Waals surface area contributed by atoms with Crippen molar-refractivity contribution in [1.82, 2.24) is 0 Å². The first kappa shape index (κ1) is 14.4. The van der Waals surface area contributed by atoms with Crippen molar-refractivity contribution in [3.8, 4) is 0 Å². The van der Waals surface area contributed by atoms with Crippen molar-refractivity contribution in [1.29, 1.82) is 0 Å². The fourth-order valence-corrected chi connectivity index (χ4v) is 1.22. The van der Waals surface area contributed by atoms with Crippen molar-refractivity contribution in [3.05, 3.63) is 0 Å². The van der Waals surface area contributed by atoms with Gasteiger partial charge in [0.15, 0.2) is 0 Å². The number of rotatable bonds is 8. The molecule has 15 heavy (non-hydrogen) atoms. The highest BCUT2D eigenvalue weighted by molar-refractivity contribution is 5.78. The number of hydrogen-bond acceptors (Lipinski definition) is 3. The van der Waals surface area contributed by atoms with E-state index in [9.17, 15) is 4.79 Å². The third-order valence-corrected chi connectivity index (χ3v) is 2.80. The summed E-state index contributed by atoms with van der Waals surface area (Å²) in [5.74, 6) is -0.923. The lowest BCUT2D eigenvalue weighted by Gasteiger charge is -2.23. The maximum Gasteiger partial charge on any atom is 0.323 e. The number of nitrogens with two attached hydrogens (primary N) is 1. The Kier molecular flexibility index (Phi) is 6.52. The maximum atomic E-state index is 10.9. The van der Waals surface area contributed by atoms with Gasteiger partial charge in [0.1, 0.15) is 5.54 Å². The summed E-state index contributed by atoms with van der Waals surface area (Å²) in [4.78, 5) is 10.9. The van der Waals surface area contributed by atoms with E-state index in [0.717, 1.165) is 6.42 Å². The molecule has 90 valence electrons. The minimum Gasteiger partial charge on any atom is -0.480 e. The van der Waals surface area contributed by atoms with Crippen molar-refractivity contribution in [3.63, 3.8) is 0 Å². The average molecular weight is 217 g/mol. The normalized spacial score (nSPS) is 17.1. The van der Waals surface area contributed by atoms with Crippen LogP contribution in [-0.2, 0) is 9.53 Å². The van der Waals surface area contributed by atoms with E-state index in [1.54, 1.807) is 6.92 Å². The Morgan fingerprint density at radius 2 is 2.13 bits per heavy atom. The lowest BCUT2D eigenvalue weighted by Crippen LogP contribution is -2.47. The smallest absolute Gasteiger partial charge is 0.323 e. The minimum atomic E-state index is -1.08. The van der Waals surface area contributed by atoms with Crippen LogP contribution >= 0.6 is 0 Å². The summed E-state index contributed by atoms with van der Waals surface area (Å²) in [6.45, 7) is 6.44. The fourth-order valence-electron chi connectivity index (χ4n) is 1.22. The second-order valence-electron chi connectivity index (χ2n) is 4.01. The number of carboxylic acid groups (broad SMARTS) is 1. The summed E-state index contributed by atoms with van der Waals surface area (Å²) in [6.07, 6.45) is 2.83. The molecule has 0 aromatic rings. The van der Waals surface area contributed by atoms with E-state index >= 15 is 0 Å². The molecule has 0 heterocycles. The maximum absolute atomic E-state index is 10.9. The Morgan fingerprint density at radius 3 is 2.53 bits per heavy atom. The van der Waals surface area contributed by atoms with Crippen molar-refractivity contribution in [2.45, 2.75) is 58.1 Å². The summed E-state index contributed by atoms with van der Waals surface area (Å²) >= 11 is 0. The van der Waals surface area contributed by atoms with E-state index in [2.05, 4.69) is 6.92 Å². The van der Waals surface area contributed by atoms with E-state index in [-0.39, 0.29) is 6.10 Å². The number of carbonyl (C=O) groups is 1. The molecule has 2 unspecified atom stereocenters. The van der Waals surface area contributed by atoms with E-state index in [1.807, 2.05) is 6.92 Å². The number of hydrogen-bond donors (Lipinski definition) is 2. The van der Waals surface area contributed by atoms with E-state index < -0.39 is 11.5 Å². The first-order valence-corrected chi connectivity index (χ1v) is 5.60. The molecule has 4 nitrogen and oxygen atoms in total. The zero-order chi connectivity index (χ0) is 11.9. The largest absolute Gasteiger partial charge is 0.480 e. The molecule has 0 bridgehead atoms. The first-order chi connectivity index (χ1) is 6.96. The zero-order valence-corrected chi connectivity index (χ0v) is 9.95. The molecule has 0 rings (SSSR count). The van der Waals surface area contributed by atoms with Gasteiger partial charge in [-0.2, -0.15) is 0 Å². The van der Waals surface area contributed by atoms with Crippen molar-refractivity contribution < 1.29 is 14.6 Å². The van der Waals surface area contributed by atoms with Crippen LogP contribution in [0, 0.1) is 0 Å². The Hall–Kier alpha value is -0.610. The van der Waals surface area contributed by atoms with Crippen LogP contribution in [0.4, 0.5) is 0 Å². The summed E-state index contributed by atoms with van der Waals surface area (Å²) in [5.41, 5.74) is 4.65.